The first-order chi connectivity index (χ1) is 12.1. The van der Waals surface area contributed by atoms with Crippen LogP contribution in [-0.2, 0) is 15.8 Å². The van der Waals surface area contributed by atoms with Crippen molar-refractivity contribution in [2.45, 2.75) is 44.3 Å². The first-order valence-electron chi connectivity index (χ1n) is 7.79. The first kappa shape index (κ1) is 21.3. The van der Waals surface area contributed by atoms with Crippen LogP contribution in [0.25, 0.3) is 0 Å². The number of benzene rings is 1. The molecule has 1 atom stereocenters. The molecule has 0 spiro atoms. The number of alkyl halides is 3. The van der Waals surface area contributed by atoms with Crippen molar-refractivity contribution < 1.29 is 37.8 Å². The van der Waals surface area contributed by atoms with Gasteiger partial charge < -0.3 is 20.8 Å². The van der Waals surface area contributed by atoms with Gasteiger partial charge in [0.25, 0.3) is 0 Å². The zero-order valence-corrected chi connectivity index (χ0v) is 13.7. The number of unbranched alkanes of at least 4 members (excludes halogenated alkanes) is 2. The van der Waals surface area contributed by atoms with Gasteiger partial charge in [-0.15, -0.1) is 0 Å². The molecule has 0 saturated carbocycles. The predicted octanol–water partition coefficient (Wildman–Crippen LogP) is 3.32. The van der Waals surface area contributed by atoms with E-state index >= 15 is 0 Å². The summed E-state index contributed by atoms with van der Waals surface area (Å²) in [5.41, 5.74) is -1.06. The maximum absolute atomic E-state index is 12.6. The summed E-state index contributed by atoms with van der Waals surface area (Å²) in [5.74, 6) is -2.24. The fourth-order valence-electron chi connectivity index (χ4n) is 2.16. The molecule has 7 nitrogen and oxygen atoms in total. The quantitative estimate of drug-likeness (QED) is 0.494. The van der Waals surface area contributed by atoms with Gasteiger partial charge in [-0.1, -0.05) is 18.9 Å². The fourth-order valence-corrected chi connectivity index (χ4v) is 2.16. The standard InChI is InChI=1S/C16H19F3N2O5/c17-16(18,19)10-5-4-6-11(9-10)20-15(26)21-12(14(24)25)7-2-1-3-8-13(22)23/h4-6,9,12H,1-3,7-8H2,(H,22,23)(H,24,25)(H2,20,21,26). The van der Waals surface area contributed by atoms with Gasteiger partial charge in [-0.2, -0.15) is 13.2 Å². The number of hydrogen-bond acceptors (Lipinski definition) is 3. The van der Waals surface area contributed by atoms with Gasteiger partial charge in [-0.3, -0.25) is 4.79 Å². The summed E-state index contributed by atoms with van der Waals surface area (Å²) in [7, 11) is 0. The molecule has 2 amide bonds. The molecule has 0 aliphatic rings. The molecule has 1 aromatic rings. The monoisotopic (exact) mass is 376 g/mol. The van der Waals surface area contributed by atoms with Crippen molar-refractivity contribution in [3.8, 4) is 0 Å². The summed E-state index contributed by atoms with van der Waals surface area (Å²) in [5, 5.41) is 21.9. The van der Waals surface area contributed by atoms with Crippen LogP contribution in [0, 0.1) is 0 Å². The van der Waals surface area contributed by atoms with E-state index in [0.29, 0.717) is 19.3 Å². The van der Waals surface area contributed by atoms with Crippen LogP contribution in [0.2, 0.25) is 0 Å². The molecule has 0 aliphatic carbocycles. The Balaban J connectivity index is 2.55. The van der Waals surface area contributed by atoms with Gasteiger partial charge in [0.05, 0.1) is 5.56 Å². The summed E-state index contributed by atoms with van der Waals surface area (Å²) in [6, 6.07) is 1.78. The second-order valence-electron chi connectivity index (χ2n) is 5.56. The number of anilines is 1. The molecule has 0 heterocycles. The molecule has 10 heteroatoms. The number of aliphatic carboxylic acids is 2. The Kier molecular flexibility index (Phi) is 7.88. The molecule has 0 saturated heterocycles. The van der Waals surface area contributed by atoms with Gasteiger partial charge in [-0.05, 0) is 31.0 Å². The Morgan fingerprint density at radius 2 is 1.77 bits per heavy atom. The van der Waals surface area contributed by atoms with Gasteiger partial charge in [0.2, 0.25) is 0 Å². The predicted molar refractivity (Wildman–Crippen MR) is 85.7 cm³/mol. The fraction of sp³-hybridized carbons (Fsp3) is 0.438. The summed E-state index contributed by atoms with van der Waals surface area (Å²) in [6.07, 6.45) is -3.26. The third-order valence-electron chi connectivity index (χ3n) is 3.43. The van der Waals surface area contributed by atoms with E-state index in [1.54, 1.807) is 0 Å². The van der Waals surface area contributed by atoms with Crippen LogP contribution in [0.5, 0.6) is 0 Å². The van der Waals surface area contributed by atoms with Crippen molar-refractivity contribution in [1.82, 2.24) is 5.32 Å². The molecule has 1 aromatic carbocycles. The number of rotatable bonds is 9. The average molecular weight is 376 g/mol. The topological polar surface area (TPSA) is 116 Å². The number of urea groups is 1. The number of halogens is 3. The molecule has 0 fully saturated rings. The SMILES string of the molecule is O=C(O)CCCCCC(NC(=O)Nc1cccc(C(F)(F)F)c1)C(=O)O. The highest BCUT2D eigenvalue weighted by molar-refractivity contribution is 5.92. The van der Waals surface area contributed by atoms with Crippen LogP contribution in [0.4, 0.5) is 23.7 Å². The summed E-state index contributed by atoms with van der Waals surface area (Å²) < 4.78 is 37.9. The van der Waals surface area contributed by atoms with Crippen molar-refractivity contribution in [2.24, 2.45) is 0 Å². The number of carbonyl (C=O) groups excluding carboxylic acids is 1. The van der Waals surface area contributed by atoms with E-state index < -0.39 is 35.8 Å². The molecule has 26 heavy (non-hydrogen) atoms. The van der Waals surface area contributed by atoms with Gasteiger partial charge >= 0.3 is 24.1 Å². The van der Waals surface area contributed by atoms with Gasteiger partial charge in [-0.25, -0.2) is 9.59 Å². The normalized spacial score (nSPS) is 12.3. The molecular formula is C16H19F3N2O5. The summed E-state index contributed by atoms with van der Waals surface area (Å²) >= 11 is 0. The van der Waals surface area contributed by atoms with Crippen LogP contribution in [-0.4, -0.2) is 34.2 Å². The molecule has 1 unspecified atom stereocenters. The maximum Gasteiger partial charge on any atom is 0.416 e. The van der Waals surface area contributed by atoms with Crippen LogP contribution >= 0.6 is 0 Å². The minimum absolute atomic E-state index is 0.0266. The molecule has 0 aliphatic heterocycles. The van der Waals surface area contributed by atoms with E-state index in [-0.39, 0.29) is 18.5 Å². The van der Waals surface area contributed by atoms with E-state index in [1.165, 1.54) is 6.07 Å². The highest BCUT2D eigenvalue weighted by Gasteiger charge is 2.30. The molecular weight excluding hydrogens is 357 g/mol. The second-order valence-corrected chi connectivity index (χ2v) is 5.56. The zero-order valence-electron chi connectivity index (χ0n) is 13.7. The lowest BCUT2D eigenvalue weighted by Gasteiger charge is -2.15. The lowest BCUT2D eigenvalue weighted by Crippen LogP contribution is -2.43. The maximum atomic E-state index is 12.6. The van der Waals surface area contributed by atoms with Crippen LogP contribution in [0.15, 0.2) is 24.3 Å². The number of amides is 2. The number of carboxylic acids is 2. The van der Waals surface area contributed by atoms with Gasteiger partial charge in [0.15, 0.2) is 0 Å². The van der Waals surface area contributed by atoms with Gasteiger partial charge in [0, 0.05) is 12.1 Å². The Morgan fingerprint density at radius 3 is 2.35 bits per heavy atom. The zero-order chi connectivity index (χ0) is 19.7. The molecule has 0 aromatic heterocycles. The minimum Gasteiger partial charge on any atom is -0.481 e. The molecule has 0 radical (unpaired) electrons. The highest BCUT2D eigenvalue weighted by Crippen LogP contribution is 2.30. The van der Waals surface area contributed by atoms with Crippen molar-refractivity contribution in [2.75, 3.05) is 5.32 Å². The van der Waals surface area contributed by atoms with E-state index in [1.807, 2.05) is 0 Å². The van der Waals surface area contributed by atoms with Crippen LogP contribution in [0.3, 0.4) is 0 Å². The third-order valence-corrected chi connectivity index (χ3v) is 3.43. The minimum atomic E-state index is -4.56. The first-order valence-corrected chi connectivity index (χ1v) is 7.79. The Hall–Kier alpha value is -2.78. The molecule has 0 bridgehead atoms. The third kappa shape index (κ3) is 7.86. The lowest BCUT2D eigenvalue weighted by molar-refractivity contribution is -0.140. The second kappa shape index (κ2) is 9.64. The average Bonchev–Trinajstić information content (AvgIpc) is 2.52. The van der Waals surface area contributed by atoms with Gasteiger partial charge in [0.1, 0.15) is 6.04 Å². The highest BCUT2D eigenvalue weighted by atomic mass is 19.4. The Morgan fingerprint density at radius 1 is 1.08 bits per heavy atom. The number of carbonyl (C=O) groups is 3. The Labute approximate surface area is 147 Å². The molecule has 4 N–H and O–H groups in total. The van der Waals surface area contributed by atoms with E-state index in [2.05, 4.69) is 10.6 Å². The number of nitrogens with one attached hydrogen (secondary N) is 2. The summed E-state index contributed by atoms with van der Waals surface area (Å²) in [4.78, 5) is 33.4. The molecule has 144 valence electrons. The Bertz CT molecular complexity index is 649. The lowest BCUT2D eigenvalue weighted by atomic mass is 10.1. The molecule has 1 rings (SSSR count). The van der Waals surface area contributed by atoms with E-state index in [0.717, 1.165) is 18.2 Å². The van der Waals surface area contributed by atoms with Crippen molar-refractivity contribution in [1.29, 1.82) is 0 Å². The van der Waals surface area contributed by atoms with E-state index in [9.17, 15) is 27.6 Å². The van der Waals surface area contributed by atoms with Crippen molar-refractivity contribution in [3.05, 3.63) is 29.8 Å². The smallest absolute Gasteiger partial charge is 0.416 e. The number of carboxylic acid groups (broad SMARTS) is 2. The van der Waals surface area contributed by atoms with Crippen LogP contribution < -0.4 is 10.6 Å². The largest absolute Gasteiger partial charge is 0.481 e. The van der Waals surface area contributed by atoms with E-state index in [4.69, 9.17) is 10.2 Å². The summed E-state index contributed by atoms with van der Waals surface area (Å²) in [6.45, 7) is 0. The van der Waals surface area contributed by atoms with Crippen molar-refractivity contribution in [3.63, 3.8) is 0 Å². The van der Waals surface area contributed by atoms with Crippen molar-refractivity contribution >= 4 is 23.7 Å². The number of hydrogen-bond donors (Lipinski definition) is 4. The van der Waals surface area contributed by atoms with Crippen LogP contribution in [0.1, 0.15) is 37.7 Å².